The van der Waals surface area contributed by atoms with Gasteiger partial charge in [-0.2, -0.15) is 0 Å². The van der Waals surface area contributed by atoms with Gasteiger partial charge in [0.05, 0.1) is 13.2 Å². The molecule has 0 aliphatic heterocycles. The van der Waals surface area contributed by atoms with Crippen LogP contribution in [-0.4, -0.2) is 22.5 Å². The lowest BCUT2D eigenvalue weighted by Gasteiger charge is -2.27. The number of hydrogen-bond acceptors (Lipinski definition) is 2. The molecule has 1 rings (SSSR count). The monoisotopic (exact) mass is 344 g/mol. The molecule has 0 atom stereocenters. The van der Waals surface area contributed by atoms with E-state index < -0.39 is 8.80 Å². The predicted octanol–water partition coefficient (Wildman–Crippen LogP) is 4.38. The van der Waals surface area contributed by atoms with Crippen LogP contribution in [-0.2, 0) is 22.7 Å². The number of ether oxygens (including phenoxy) is 2. The minimum atomic E-state index is -0.690. The average molecular weight is 345 g/mol. The number of hydrogen-bond donors (Lipinski definition) is 0. The maximum Gasteiger partial charge on any atom is 0.0717 e. The molecule has 19 heavy (non-hydrogen) atoms. The van der Waals surface area contributed by atoms with E-state index in [9.17, 15) is 0 Å². The zero-order valence-corrected chi connectivity index (χ0v) is 15.4. The summed E-state index contributed by atoms with van der Waals surface area (Å²) in [6.07, 6.45) is 0. The molecule has 4 heteroatoms. The molecule has 0 heterocycles. The Morgan fingerprint density at radius 3 is 2.21 bits per heavy atom. The molecule has 0 saturated carbocycles. The largest absolute Gasteiger partial charge is 0.380 e. The SMILES string of the molecule is COCc1cc(Br)cc(COCC(C)(C)[SiH](C)C)c1. The van der Waals surface area contributed by atoms with E-state index in [1.54, 1.807) is 7.11 Å². The van der Waals surface area contributed by atoms with Gasteiger partial charge in [0.2, 0.25) is 0 Å². The Balaban J connectivity index is 2.58. The van der Waals surface area contributed by atoms with Crippen LogP contribution in [0.1, 0.15) is 25.0 Å². The van der Waals surface area contributed by atoms with Crippen LogP contribution in [0.4, 0.5) is 0 Å². The van der Waals surface area contributed by atoms with Crippen LogP contribution in [0.5, 0.6) is 0 Å². The maximum atomic E-state index is 5.91. The summed E-state index contributed by atoms with van der Waals surface area (Å²) in [5.41, 5.74) is 2.37. The van der Waals surface area contributed by atoms with Crippen molar-refractivity contribution in [3.8, 4) is 0 Å². The third kappa shape index (κ3) is 5.77. The summed E-state index contributed by atoms with van der Waals surface area (Å²) in [5, 5.41) is 0.349. The molecule has 0 amide bonds. The van der Waals surface area contributed by atoms with Crippen molar-refractivity contribution in [2.45, 2.75) is 45.2 Å². The third-order valence-corrected chi connectivity index (χ3v) is 7.38. The van der Waals surface area contributed by atoms with Crippen molar-refractivity contribution in [2.24, 2.45) is 0 Å². The van der Waals surface area contributed by atoms with Crippen LogP contribution in [0.25, 0.3) is 0 Å². The summed E-state index contributed by atoms with van der Waals surface area (Å²) < 4.78 is 12.2. The first-order chi connectivity index (χ1) is 8.85. The Morgan fingerprint density at radius 2 is 1.68 bits per heavy atom. The second-order valence-corrected chi connectivity index (χ2v) is 10.8. The molecule has 108 valence electrons. The molecule has 0 N–H and O–H groups in total. The van der Waals surface area contributed by atoms with Crippen LogP contribution in [0, 0.1) is 0 Å². The average Bonchev–Trinajstić information content (AvgIpc) is 2.28. The van der Waals surface area contributed by atoms with Crippen LogP contribution >= 0.6 is 15.9 Å². The van der Waals surface area contributed by atoms with Gasteiger partial charge in [0, 0.05) is 27.0 Å². The normalized spacial score (nSPS) is 12.2. The van der Waals surface area contributed by atoms with Crippen molar-refractivity contribution in [2.75, 3.05) is 13.7 Å². The first-order valence-electron chi connectivity index (χ1n) is 6.70. The van der Waals surface area contributed by atoms with Gasteiger partial charge in [-0.05, 0) is 28.3 Å². The van der Waals surface area contributed by atoms with Gasteiger partial charge >= 0.3 is 0 Å². The molecule has 0 spiro atoms. The molecule has 0 bridgehead atoms. The Hall–Kier alpha value is -0.163. The molecule has 0 aliphatic carbocycles. The molecule has 0 radical (unpaired) electrons. The van der Waals surface area contributed by atoms with E-state index in [-0.39, 0.29) is 0 Å². The minimum absolute atomic E-state index is 0.349. The lowest BCUT2D eigenvalue weighted by atomic mass is 10.1. The molecule has 0 saturated heterocycles. The Labute approximate surface area is 127 Å². The van der Waals surface area contributed by atoms with E-state index in [4.69, 9.17) is 9.47 Å². The Kier molecular flexibility index (Phi) is 6.73. The van der Waals surface area contributed by atoms with E-state index in [2.05, 4.69) is 61.1 Å². The fourth-order valence-corrected chi connectivity index (χ4v) is 2.69. The van der Waals surface area contributed by atoms with Gasteiger partial charge < -0.3 is 9.47 Å². The number of rotatable bonds is 7. The van der Waals surface area contributed by atoms with Crippen molar-refractivity contribution < 1.29 is 9.47 Å². The fraction of sp³-hybridized carbons (Fsp3) is 0.600. The molecule has 0 unspecified atom stereocenters. The van der Waals surface area contributed by atoms with Gasteiger partial charge in [-0.3, -0.25) is 0 Å². The highest BCUT2D eigenvalue weighted by Crippen LogP contribution is 2.29. The van der Waals surface area contributed by atoms with Gasteiger partial charge in [0.15, 0.2) is 0 Å². The summed E-state index contributed by atoms with van der Waals surface area (Å²) in [4.78, 5) is 0. The summed E-state index contributed by atoms with van der Waals surface area (Å²) >= 11 is 3.53. The summed E-state index contributed by atoms with van der Waals surface area (Å²) in [5.74, 6) is 0. The van der Waals surface area contributed by atoms with E-state index in [0.29, 0.717) is 18.3 Å². The molecule has 0 fully saturated rings. The first-order valence-corrected chi connectivity index (χ1v) is 10.4. The lowest BCUT2D eigenvalue weighted by Crippen LogP contribution is -2.26. The third-order valence-electron chi connectivity index (χ3n) is 3.63. The second kappa shape index (κ2) is 7.57. The summed E-state index contributed by atoms with van der Waals surface area (Å²) in [7, 11) is 1.02. The highest BCUT2D eigenvalue weighted by atomic mass is 79.9. The molecular weight excluding hydrogens is 320 g/mol. The Morgan fingerprint density at radius 1 is 1.11 bits per heavy atom. The summed E-state index contributed by atoms with van der Waals surface area (Å²) in [6, 6.07) is 6.34. The number of benzene rings is 1. The van der Waals surface area contributed by atoms with E-state index >= 15 is 0 Å². The second-order valence-electron chi connectivity index (χ2n) is 6.04. The van der Waals surface area contributed by atoms with Crippen LogP contribution in [0.3, 0.4) is 0 Å². The van der Waals surface area contributed by atoms with Crippen molar-refractivity contribution in [1.29, 1.82) is 0 Å². The van der Waals surface area contributed by atoms with Crippen LogP contribution < -0.4 is 0 Å². The van der Waals surface area contributed by atoms with Crippen molar-refractivity contribution in [3.05, 3.63) is 33.8 Å². The topological polar surface area (TPSA) is 18.5 Å². The van der Waals surface area contributed by atoms with E-state index in [0.717, 1.165) is 11.1 Å². The van der Waals surface area contributed by atoms with Gasteiger partial charge in [-0.1, -0.05) is 48.9 Å². The van der Waals surface area contributed by atoms with Crippen molar-refractivity contribution in [1.82, 2.24) is 0 Å². The molecule has 2 nitrogen and oxygen atoms in total. The summed E-state index contributed by atoms with van der Waals surface area (Å²) in [6.45, 7) is 11.5. The highest BCUT2D eigenvalue weighted by Gasteiger charge is 2.23. The first kappa shape index (κ1) is 16.9. The van der Waals surface area contributed by atoms with Crippen molar-refractivity contribution in [3.63, 3.8) is 0 Å². The molecule has 1 aromatic rings. The Bertz CT molecular complexity index is 405. The quantitative estimate of drug-likeness (QED) is 0.683. The van der Waals surface area contributed by atoms with Gasteiger partial charge in [0.25, 0.3) is 0 Å². The molecular formula is C15H25BrO2Si. The molecule has 0 aromatic heterocycles. The van der Waals surface area contributed by atoms with Crippen LogP contribution in [0.15, 0.2) is 22.7 Å². The zero-order chi connectivity index (χ0) is 14.5. The number of halogens is 1. The van der Waals surface area contributed by atoms with Crippen molar-refractivity contribution >= 4 is 24.7 Å². The maximum absolute atomic E-state index is 5.91. The smallest absolute Gasteiger partial charge is 0.0717 e. The fourth-order valence-electron chi connectivity index (χ4n) is 1.65. The van der Waals surface area contributed by atoms with Crippen LogP contribution in [0.2, 0.25) is 18.1 Å². The highest BCUT2D eigenvalue weighted by molar-refractivity contribution is 9.10. The minimum Gasteiger partial charge on any atom is -0.380 e. The zero-order valence-electron chi connectivity index (χ0n) is 12.6. The van der Waals surface area contributed by atoms with Gasteiger partial charge in [-0.15, -0.1) is 0 Å². The molecule has 0 aliphatic rings. The van der Waals surface area contributed by atoms with Gasteiger partial charge in [0.1, 0.15) is 0 Å². The van der Waals surface area contributed by atoms with Gasteiger partial charge in [-0.25, -0.2) is 0 Å². The van der Waals surface area contributed by atoms with E-state index in [1.807, 2.05) is 0 Å². The number of methoxy groups -OCH3 is 1. The lowest BCUT2D eigenvalue weighted by molar-refractivity contribution is 0.100. The van der Waals surface area contributed by atoms with E-state index in [1.165, 1.54) is 11.1 Å². The molecule has 1 aromatic carbocycles. The standard InChI is InChI=1S/C15H25BrO2Si/c1-15(2,19(4)5)11-18-10-13-6-12(9-17-3)7-14(16)8-13/h6-8,19H,9-11H2,1-5H3. The predicted molar refractivity (Wildman–Crippen MR) is 87.4 cm³/mol.